The molecule has 0 fully saturated rings. The van der Waals surface area contributed by atoms with Gasteiger partial charge in [-0.25, -0.2) is 4.79 Å². The summed E-state index contributed by atoms with van der Waals surface area (Å²) in [5, 5.41) is 0. The van der Waals surface area contributed by atoms with Crippen LogP contribution in [0.15, 0.2) is 36.9 Å². The van der Waals surface area contributed by atoms with Crippen molar-refractivity contribution in [2.45, 2.75) is 0 Å². The Labute approximate surface area is 99.1 Å². The molecular weight excluding hydrogens is 220 g/mol. The number of fused-ring (bicyclic) bond motifs is 1. The van der Waals surface area contributed by atoms with Gasteiger partial charge in [-0.15, -0.1) is 0 Å². The molecule has 0 atom stereocenters. The van der Waals surface area contributed by atoms with Crippen molar-refractivity contribution in [2.24, 2.45) is 0 Å². The molecule has 0 aliphatic carbocycles. The minimum atomic E-state index is -0.430. The fraction of sp³-hybridized carbons (Fsp3) is 0.154. The predicted octanol–water partition coefficient (Wildman–Crippen LogP) is 2.16. The van der Waals surface area contributed by atoms with E-state index in [-0.39, 0.29) is 13.4 Å². The molecule has 0 amide bonds. The summed E-state index contributed by atoms with van der Waals surface area (Å²) in [6.45, 7) is 3.79. The first kappa shape index (κ1) is 11.3. The number of hydrogen-bond acceptors (Lipinski definition) is 4. The number of carbonyl (C=O) groups excluding carboxylic acids is 1. The molecule has 0 spiro atoms. The first-order chi connectivity index (χ1) is 8.29. The van der Waals surface area contributed by atoms with Gasteiger partial charge in [-0.05, 0) is 23.8 Å². The van der Waals surface area contributed by atoms with Gasteiger partial charge in [0.1, 0.15) is 6.61 Å². The van der Waals surface area contributed by atoms with E-state index in [1.807, 2.05) is 24.3 Å². The quantitative estimate of drug-likeness (QED) is 0.589. The first-order valence-electron chi connectivity index (χ1n) is 5.15. The van der Waals surface area contributed by atoms with Crippen molar-refractivity contribution < 1.29 is 19.0 Å². The van der Waals surface area contributed by atoms with E-state index in [4.69, 9.17) is 14.2 Å². The second-order valence-electron chi connectivity index (χ2n) is 3.35. The number of rotatable bonds is 4. The zero-order valence-electron chi connectivity index (χ0n) is 9.22. The van der Waals surface area contributed by atoms with E-state index < -0.39 is 5.97 Å². The molecule has 0 N–H and O–H groups in total. The molecule has 0 unspecified atom stereocenters. The summed E-state index contributed by atoms with van der Waals surface area (Å²) in [5.74, 6) is 1.05. The van der Waals surface area contributed by atoms with Crippen LogP contribution < -0.4 is 9.47 Å². The Morgan fingerprint density at radius 3 is 3.06 bits per heavy atom. The fourth-order valence-corrected chi connectivity index (χ4v) is 1.39. The number of benzene rings is 1. The fourth-order valence-electron chi connectivity index (χ4n) is 1.39. The Morgan fingerprint density at radius 2 is 2.24 bits per heavy atom. The third kappa shape index (κ3) is 2.87. The van der Waals surface area contributed by atoms with E-state index in [9.17, 15) is 4.79 Å². The van der Waals surface area contributed by atoms with Crippen molar-refractivity contribution in [3.63, 3.8) is 0 Å². The highest BCUT2D eigenvalue weighted by Crippen LogP contribution is 2.32. The summed E-state index contributed by atoms with van der Waals surface area (Å²) in [7, 11) is 0. The second kappa shape index (κ2) is 5.21. The number of carbonyl (C=O) groups is 1. The van der Waals surface area contributed by atoms with Crippen molar-refractivity contribution in [3.05, 3.63) is 42.5 Å². The standard InChI is InChI=1S/C13H12O4/c1-2-13(14)15-7-3-4-10-5-6-11-12(8-10)17-9-16-11/h2-6,8H,1,7,9H2/b4-3+. The molecule has 2 rings (SSSR count). The molecule has 0 aromatic heterocycles. The molecule has 0 radical (unpaired) electrons. The summed E-state index contributed by atoms with van der Waals surface area (Å²) in [6.07, 6.45) is 4.73. The van der Waals surface area contributed by atoms with Crippen molar-refractivity contribution in [2.75, 3.05) is 13.4 Å². The molecule has 88 valence electrons. The maximum absolute atomic E-state index is 10.8. The number of ether oxygens (including phenoxy) is 3. The Hall–Kier alpha value is -2.23. The highest BCUT2D eigenvalue weighted by Gasteiger charge is 2.11. The van der Waals surface area contributed by atoms with Crippen LogP contribution in [0.5, 0.6) is 11.5 Å². The van der Waals surface area contributed by atoms with Crippen molar-refractivity contribution in [3.8, 4) is 11.5 Å². The summed E-state index contributed by atoms with van der Waals surface area (Å²) >= 11 is 0. The normalized spacial score (nSPS) is 12.7. The lowest BCUT2D eigenvalue weighted by Gasteiger charge is -1.98. The van der Waals surface area contributed by atoms with E-state index in [1.165, 1.54) is 0 Å². The van der Waals surface area contributed by atoms with Gasteiger partial charge in [-0.3, -0.25) is 0 Å². The SMILES string of the molecule is C=CC(=O)OC/C=C/c1ccc2c(c1)OCO2. The van der Waals surface area contributed by atoms with Gasteiger partial charge >= 0.3 is 5.97 Å². The van der Waals surface area contributed by atoms with Gasteiger partial charge in [-0.2, -0.15) is 0 Å². The van der Waals surface area contributed by atoms with E-state index >= 15 is 0 Å². The Bertz CT molecular complexity index is 462. The van der Waals surface area contributed by atoms with Crippen LogP contribution in [0.1, 0.15) is 5.56 Å². The third-order valence-corrected chi connectivity index (χ3v) is 2.20. The molecule has 1 aromatic carbocycles. The van der Waals surface area contributed by atoms with Gasteiger partial charge in [0.05, 0.1) is 0 Å². The summed E-state index contributed by atoms with van der Waals surface area (Å²) < 4.78 is 15.3. The van der Waals surface area contributed by atoms with Gasteiger partial charge in [0.25, 0.3) is 0 Å². The highest BCUT2D eigenvalue weighted by atomic mass is 16.7. The molecule has 1 aliphatic rings. The van der Waals surface area contributed by atoms with Gasteiger partial charge < -0.3 is 14.2 Å². The van der Waals surface area contributed by atoms with E-state index in [2.05, 4.69) is 6.58 Å². The average Bonchev–Trinajstić information content (AvgIpc) is 2.81. The van der Waals surface area contributed by atoms with Gasteiger partial charge in [-0.1, -0.05) is 18.7 Å². The Morgan fingerprint density at radius 1 is 1.41 bits per heavy atom. The molecule has 0 bridgehead atoms. The molecule has 17 heavy (non-hydrogen) atoms. The molecular formula is C13H12O4. The summed E-state index contributed by atoms with van der Waals surface area (Å²) in [6, 6.07) is 5.62. The second-order valence-corrected chi connectivity index (χ2v) is 3.35. The van der Waals surface area contributed by atoms with Crippen LogP contribution in [-0.4, -0.2) is 19.4 Å². The number of hydrogen-bond donors (Lipinski definition) is 0. The van der Waals surface area contributed by atoms with Crippen molar-refractivity contribution >= 4 is 12.0 Å². The van der Waals surface area contributed by atoms with Crippen LogP contribution in [0.25, 0.3) is 6.08 Å². The molecule has 4 nitrogen and oxygen atoms in total. The maximum atomic E-state index is 10.8. The lowest BCUT2D eigenvalue weighted by Crippen LogP contribution is -1.98. The smallest absolute Gasteiger partial charge is 0.330 e. The van der Waals surface area contributed by atoms with Crippen LogP contribution in [0.2, 0.25) is 0 Å². The molecule has 4 heteroatoms. The maximum Gasteiger partial charge on any atom is 0.330 e. The Kier molecular flexibility index (Phi) is 3.45. The van der Waals surface area contributed by atoms with Crippen molar-refractivity contribution in [1.29, 1.82) is 0 Å². The van der Waals surface area contributed by atoms with Crippen LogP contribution >= 0.6 is 0 Å². The molecule has 1 aliphatic heterocycles. The average molecular weight is 232 g/mol. The predicted molar refractivity (Wildman–Crippen MR) is 62.8 cm³/mol. The minimum Gasteiger partial charge on any atom is -0.458 e. The first-order valence-corrected chi connectivity index (χ1v) is 5.15. The lowest BCUT2D eigenvalue weighted by atomic mass is 10.2. The van der Waals surface area contributed by atoms with Crippen LogP contribution in [0, 0.1) is 0 Å². The van der Waals surface area contributed by atoms with E-state index in [0.29, 0.717) is 0 Å². The molecule has 0 saturated carbocycles. The topological polar surface area (TPSA) is 44.8 Å². The largest absolute Gasteiger partial charge is 0.458 e. The third-order valence-electron chi connectivity index (χ3n) is 2.20. The molecule has 0 saturated heterocycles. The van der Waals surface area contributed by atoms with Gasteiger partial charge in [0.2, 0.25) is 6.79 Å². The summed E-state index contributed by atoms with van der Waals surface area (Å²) in [4.78, 5) is 10.8. The Balaban J connectivity index is 1.92. The van der Waals surface area contributed by atoms with Gasteiger partial charge in [0, 0.05) is 6.08 Å². The van der Waals surface area contributed by atoms with Crippen LogP contribution in [0.4, 0.5) is 0 Å². The lowest BCUT2D eigenvalue weighted by molar-refractivity contribution is -0.136. The van der Waals surface area contributed by atoms with Crippen LogP contribution in [-0.2, 0) is 9.53 Å². The zero-order chi connectivity index (χ0) is 12.1. The molecule has 1 heterocycles. The zero-order valence-corrected chi connectivity index (χ0v) is 9.22. The molecule has 1 aromatic rings. The summed E-state index contributed by atoms with van der Waals surface area (Å²) in [5.41, 5.74) is 0.962. The number of esters is 1. The van der Waals surface area contributed by atoms with E-state index in [1.54, 1.807) is 6.08 Å². The monoisotopic (exact) mass is 232 g/mol. The van der Waals surface area contributed by atoms with Crippen molar-refractivity contribution in [1.82, 2.24) is 0 Å². The minimum absolute atomic E-state index is 0.222. The van der Waals surface area contributed by atoms with Gasteiger partial charge in [0.15, 0.2) is 11.5 Å². The van der Waals surface area contributed by atoms with E-state index in [0.717, 1.165) is 23.1 Å². The highest BCUT2D eigenvalue weighted by molar-refractivity contribution is 5.81. The van der Waals surface area contributed by atoms with Crippen LogP contribution in [0.3, 0.4) is 0 Å².